The lowest BCUT2D eigenvalue weighted by molar-refractivity contribution is -0.183. The molecule has 0 aliphatic heterocycles. The lowest BCUT2D eigenvalue weighted by atomic mass is 9.54. The molecule has 0 unspecified atom stereocenters. The number of hydrogen-bond acceptors (Lipinski definition) is 6. The summed E-state index contributed by atoms with van der Waals surface area (Å²) in [6, 6.07) is 0.462. The molecule has 1 aromatic heterocycles. The molecule has 7 heteroatoms. The van der Waals surface area contributed by atoms with E-state index >= 15 is 0 Å². The highest BCUT2D eigenvalue weighted by Gasteiger charge is 2.57. The van der Waals surface area contributed by atoms with Crippen LogP contribution in [0.3, 0.4) is 0 Å². The number of amides is 1. The summed E-state index contributed by atoms with van der Waals surface area (Å²) < 4.78 is 6.08. The van der Waals surface area contributed by atoms with E-state index < -0.39 is 0 Å². The van der Waals surface area contributed by atoms with Gasteiger partial charge in [-0.15, -0.1) is 10.2 Å². The first kappa shape index (κ1) is 18.7. The number of hydrogen-bond donors (Lipinski definition) is 1. The van der Waals surface area contributed by atoms with E-state index in [1.807, 2.05) is 0 Å². The van der Waals surface area contributed by atoms with E-state index in [1.165, 1.54) is 43.4 Å². The van der Waals surface area contributed by atoms with Gasteiger partial charge in [-0.2, -0.15) is 0 Å². The highest BCUT2D eigenvalue weighted by molar-refractivity contribution is 7.13. The Kier molecular flexibility index (Phi) is 6.41. The molecular weight excluding hydrogens is 336 g/mol. The van der Waals surface area contributed by atoms with Gasteiger partial charge in [0.1, 0.15) is 5.51 Å². The Bertz CT molecular complexity index is 545. The molecule has 0 aromatic carbocycles. The molecule has 0 bridgehead atoms. The van der Waals surface area contributed by atoms with E-state index in [0.717, 1.165) is 26.0 Å². The summed E-state index contributed by atoms with van der Waals surface area (Å²) >= 11 is 1.36. The quantitative estimate of drug-likeness (QED) is 0.764. The maximum Gasteiger partial charge on any atom is 0.240 e. The molecule has 1 N–H and O–H groups in total. The van der Waals surface area contributed by atoms with E-state index in [-0.39, 0.29) is 11.3 Å². The molecular formula is C18H30N4O2S. The number of carbonyl (C=O) groups excluding carboxylic acids is 1. The van der Waals surface area contributed by atoms with Gasteiger partial charge in [-0.05, 0) is 39.2 Å². The van der Waals surface area contributed by atoms with E-state index in [1.54, 1.807) is 5.51 Å². The third-order valence-corrected chi connectivity index (χ3v) is 6.41. The summed E-state index contributed by atoms with van der Waals surface area (Å²) in [6.07, 6.45) is 8.86. The number of anilines is 1. The lowest BCUT2D eigenvalue weighted by Crippen LogP contribution is -2.66. The summed E-state index contributed by atoms with van der Waals surface area (Å²) in [5.41, 5.74) is 1.89. The van der Waals surface area contributed by atoms with E-state index in [9.17, 15) is 4.79 Å². The molecule has 2 atom stereocenters. The molecule has 0 radical (unpaired) electrons. The minimum Gasteiger partial charge on any atom is -0.378 e. The second-order valence-corrected chi connectivity index (χ2v) is 8.09. The Balaban J connectivity index is 1.67. The molecule has 6 nitrogen and oxygen atoms in total. The molecule has 1 aromatic rings. The Morgan fingerprint density at radius 2 is 2.20 bits per heavy atom. The van der Waals surface area contributed by atoms with Gasteiger partial charge in [-0.3, -0.25) is 15.0 Å². The van der Waals surface area contributed by atoms with Gasteiger partial charge in [-0.25, -0.2) is 0 Å². The van der Waals surface area contributed by atoms with Crippen LogP contribution in [0, 0.1) is 5.41 Å². The van der Waals surface area contributed by atoms with Crippen molar-refractivity contribution in [2.75, 3.05) is 25.0 Å². The van der Waals surface area contributed by atoms with Crippen molar-refractivity contribution in [3.63, 3.8) is 0 Å². The van der Waals surface area contributed by atoms with Crippen molar-refractivity contribution in [3.05, 3.63) is 5.51 Å². The maximum absolute atomic E-state index is 12.5. The zero-order chi connectivity index (χ0) is 17.7. The highest BCUT2D eigenvalue weighted by atomic mass is 32.1. The molecule has 1 spiro atoms. The van der Waals surface area contributed by atoms with Crippen LogP contribution in [-0.4, -0.2) is 52.8 Å². The van der Waals surface area contributed by atoms with Crippen LogP contribution < -0.4 is 5.32 Å². The van der Waals surface area contributed by atoms with E-state index in [0.29, 0.717) is 23.8 Å². The number of aromatic nitrogens is 2. The predicted molar refractivity (Wildman–Crippen MR) is 99.7 cm³/mol. The van der Waals surface area contributed by atoms with Crippen LogP contribution in [0.15, 0.2) is 5.51 Å². The normalized spacial score (nSPS) is 25.1. The molecule has 1 amide bonds. The van der Waals surface area contributed by atoms with E-state index in [4.69, 9.17) is 4.74 Å². The van der Waals surface area contributed by atoms with Crippen LogP contribution in [0.1, 0.15) is 58.8 Å². The SMILES string of the molecule is CCCN(CC(=O)Nc1nncs1)[C@@H]1C[C@@H](OCC)C12CCCCC2. The predicted octanol–water partition coefficient (Wildman–Crippen LogP) is 3.32. The summed E-state index contributed by atoms with van der Waals surface area (Å²) in [5, 5.41) is 11.1. The summed E-state index contributed by atoms with van der Waals surface area (Å²) in [4.78, 5) is 14.9. The van der Waals surface area contributed by atoms with Crippen LogP contribution in [0.5, 0.6) is 0 Å². The molecule has 2 saturated carbocycles. The smallest absolute Gasteiger partial charge is 0.240 e. The third kappa shape index (κ3) is 4.04. The van der Waals surface area contributed by atoms with Crippen LogP contribution in [0.25, 0.3) is 0 Å². The molecule has 3 rings (SSSR count). The van der Waals surface area contributed by atoms with Gasteiger partial charge >= 0.3 is 0 Å². The fraction of sp³-hybridized carbons (Fsp3) is 0.833. The van der Waals surface area contributed by atoms with Crippen molar-refractivity contribution >= 4 is 22.4 Å². The van der Waals surface area contributed by atoms with Crippen molar-refractivity contribution in [1.29, 1.82) is 0 Å². The van der Waals surface area contributed by atoms with Crippen LogP contribution in [0.2, 0.25) is 0 Å². The first-order valence-corrected chi connectivity index (χ1v) is 10.5. The summed E-state index contributed by atoms with van der Waals surface area (Å²) in [7, 11) is 0. The number of ether oxygens (including phenoxy) is 1. The number of rotatable bonds is 8. The second-order valence-electron chi connectivity index (χ2n) is 7.25. The molecule has 2 fully saturated rings. The van der Waals surface area contributed by atoms with Crippen LogP contribution in [-0.2, 0) is 9.53 Å². The second kappa shape index (κ2) is 8.56. The third-order valence-electron chi connectivity index (χ3n) is 5.80. The highest BCUT2D eigenvalue weighted by Crippen LogP contribution is 2.55. The zero-order valence-electron chi connectivity index (χ0n) is 15.4. The average molecular weight is 367 g/mol. The van der Waals surface area contributed by atoms with Gasteiger partial charge in [-0.1, -0.05) is 37.5 Å². The van der Waals surface area contributed by atoms with Gasteiger partial charge in [0.25, 0.3) is 0 Å². The molecule has 25 heavy (non-hydrogen) atoms. The minimum absolute atomic E-state index is 0.0102. The largest absolute Gasteiger partial charge is 0.378 e. The average Bonchev–Trinajstić information content (AvgIpc) is 3.11. The fourth-order valence-corrected chi connectivity index (χ4v) is 5.20. The zero-order valence-corrected chi connectivity index (χ0v) is 16.2. The van der Waals surface area contributed by atoms with Gasteiger partial charge in [0.05, 0.1) is 12.6 Å². The van der Waals surface area contributed by atoms with E-state index in [2.05, 4.69) is 34.3 Å². The summed E-state index contributed by atoms with van der Waals surface area (Å²) in [5.74, 6) is 0.0102. The fourth-order valence-electron chi connectivity index (χ4n) is 4.74. The summed E-state index contributed by atoms with van der Waals surface area (Å²) in [6.45, 7) is 6.43. The van der Waals surface area contributed by atoms with Crippen LogP contribution in [0.4, 0.5) is 5.13 Å². The monoisotopic (exact) mass is 366 g/mol. The van der Waals surface area contributed by atoms with Crippen molar-refractivity contribution in [1.82, 2.24) is 15.1 Å². The molecule has 2 aliphatic carbocycles. The molecule has 2 aliphatic rings. The molecule has 140 valence electrons. The van der Waals surface area contributed by atoms with Crippen molar-refractivity contribution in [2.45, 2.75) is 70.9 Å². The first-order valence-electron chi connectivity index (χ1n) is 9.61. The van der Waals surface area contributed by atoms with Gasteiger partial charge in [0, 0.05) is 18.1 Å². The minimum atomic E-state index is 0.0102. The Labute approximate surface area is 154 Å². The first-order chi connectivity index (χ1) is 12.2. The number of carbonyl (C=O) groups is 1. The maximum atomic E-state index is 12.5. The number of nitrogens with zero attached hydrogens (tertiary/aromatic N) is 3. The van der Waals surface area contributed by atoms with Gasteiger partial charge in [0.2, 0.25) is 11.0 Å². The van der Waals surface area contributed by atoms with Gasteiger partial charge < -0.3 is 4.74 Å². The number of nitrogens with one attached hydrogen (secondary N) is 1. The van der Waals surface area contributed by atoms with Crippen molar-refractivity contribution in [3.8, 4) is 0 Å². The molecule has 1 heterocycles. The molecule has 0 saturated heterocycles. The Hall–Kier alpha value is -1.05. The van der Waals surface area contributed by atoms with Crippen molar-refractivity contribution < 1.29 is 9.53 Å². The van der Waals surface area contributed by atoms with Crippen molar-refractivity contribution in [2.24, 2.45) is 5.41 Å². The topological polar surface area (TPSA) is 67.4 Å². The van der Waals surface area contributed by atoms with Crippen LogP contribution >= 0.6 is 11.3 Å². The Morgan fingerprint density at radius 3 is 2.84 bits per heavy atom. The standard InChI is InChI=1S/C18H30N4O2S/c1-3-10-22(12-16(23)20-17-21-19-13-25-17)14-11-15(24-4-2)18(14)8-6-5-7-9-18/h13-15H,3-12H2,1-2H3,(H,20,21,23)/t14-,15-/m1/s1. The lowest BCUT2D eigenvalue weighted by Gasteiger charge is -2.60. The Morgan fingerprint density at radius 1 is 1.40 bits per heavy atom. The van der Waals surface area contributed by atoms with Gasteiger partial charge in [0.15, 0.2) is 0 Å².